The maximum absolute atomic E-state index is 13.6. The molecule has 0 radical (unpaired) electrons. The highest BCUT2D eigenvalue weighted by Gasteiger charge is 2.30. The highest BCUT2D eigenvalue weighted by atomic mass is 16.6. The number of carbonyl (C=O) groups excluding carboxylic acids is 1. The second kappa shape index (κ2) is 11.8. The van der Waals surface area contributed by atoms with Crippen LogP contribution < -0.4 is 9.64 Å². The van der Waals surface area contributed by atoms with E-state index < -0.39 is 0 Å². The van der Waals surface area contributed by atoms with Crippen molar-refractivity contribution in [1.82, 2.24) is 0 Å². The lowest BCUT2D eigenvalue weighted by atomic mass is 9.93. The van der Waals surface area contributed by atoms with Crippen molar-refractivity contribution in [3.8, 4) is 5.75 Å². The third-order valence-corrected chi connectivity index (χ3v) is 7.72. The molecule has 0 aromatic heterocycles. The van der Waals surface area contributed by atoms with E-state index in [1.54, 1.807) is 7.11 Å². The summed E-state index contributed by atoms with van der Waals surface area (Å²) in [6, 6.07) is 12.0. The van der Waals surface area contributed by atoms with Gasteiger partial charge in [0.05, 0.1) is 11.8 Å². The van der Waals surface area contributed by atoms with Crippen LogP contribution in [0.25, 0.3) is 0 Å². The van der Waals surface area contributed by atoms with Gasteiger partial charge in [0, 0.05) is 35.0 Å². The Hall–Kier alpha value is -3.34. The normalized spacial score (nSPS) is 19.8. The number of hydrogen-bond acceptors (Lipinski definition) is 5. The van der Waals surface area contributed by atoms with E-state index in [1.165, 1.54) is 36.2 Å². The number of carbonyl (C=O) groups is 1. The highest BCUT2D eigenvalue weighted by Crippen LogP contribution is 2.44. The minimum Gasteiger partial charge on any atom is -0.490 e. The van der Waals surface area contributed by atoms with Crippen LogP contribution in [-0.2, 0) is 4.84 Å². The first-order valence-corrected chi connectivity index (χ1v) is 13.5. The lowest BCUT2D eigenvalue weighted by Crippen LogP contribution is -2.19. The molecule has 0 bridgehead atoms. The van der Waals surface area contributed by atoms with Crippen LogP contribution in [0.1, 0.15) is 92.8 Å². The van der Waals surface area contributed by atoms with Crippen molar-refractivity contribution in [3.05, 3.63) is 82.1 Å². The minimum atomic E-state index is 0.0549. The first-order chi connectivity index (χ1) is 17.8. The zero-order valence-corrected chi connectivity index (χ0v) is 23.1. The molecule has 0 amide bonds. The molecule has 1 atom stereocenters. The van der Waals surface area contributed by atoms with Crippen molar-refractivity contribution < 1.29 is 14.4 Å². The number of nitrogens with zero attached hydrogens (tertiary/aromatic N) is 2. The maximum Gasteiger partial charge on any atom is 0.193 e. The van der Waals surface area contributed by atoms with Crippen LogP contribution in [0.5, 0.6) is 5.75 Å². The molecule has 0 spiro atoms. The van der Waals surface area contributed by atoms with Crippen molar-refractivity contribution in [1.29, 1.82) is 0 Å². The van der Waals surface area contributed by atoms with Crippen molar-refractivity contribution in [2.45, 2.75) is 78.7 Å². The summed E-state index contributed by atoms with van der Waals surface area (Å²) in [5, 5.41) is 4.03. The highest BCUT2D eigenvalue weighted by molar-refractivity contribution is 6.10. The Kier molecular flexibility index (Phi) is 8.52. The quantitative estimate of drug-likeness (QED) is 0.211. The summed E-state index contributed by atoms with van der Waals surface area (Å²) in [6.07, 6.45) is 10.6. The molecule has 1 aliphatic heterocycles. The smallest absolute Gasteiger partial charge is 0.193 e. The number of oxime groups is 1. The monoisotopic (exact) mass is 500 g/mol. The molecule has 5 heteroatoms. The van der Waals surface area contributed by atoms with Gasteiger partial charge in [0.2, 0.25) is 0 Å². The molecule has 0 saturated heterocycles. The Balaban J connectivity index is 1.57. The Bertz CT molecular complexity index is 1230. The van der Waals surface area contributed by atoms with Gasteiger partial charge >= 0.3 is 0 Å². The van der Waals surface area contributed by atoms with Gasteiger partial charge in [-0.2, -0.15) is 0 Å². The van der Waals surface area contributed by atoms with Crippen LogP contribution in [0.4, 0.5) is 5.69 Å². The summed E-state index contributed by atoms with van der Waals surface area (Å²) in [7, 11) is 1.56. The summed E-state index contributed by atoms with van der Waals surface area (Å²) in [4.78, 5) is 20.8. The first kappa shape index (κ1) is 26.7. The molecule has 1 unspecified atom stereocenters. The van der Waals surface area contributed by atoms with Crippen LogP contribution in [-0.4, -0.2) is 31.3 Å². The SMILES string of the molecule is CCN1/C(=C/C=C(C)/C(C)=N/OC)C(C)c2cc(C(=O)c3ccc(OC4CCCCC4)cc3C)ccc21. The number of ether oxygens (including phenoxy) is 1. The number of ketones is 1. The van der Waals surface area contributed by atoms with Crippen molar-refractivity contribution in [3.63, 3.8) is 0 Å². The van der Waals surface area contributed by atoms with Crippen LogP contribution in [0.2, 0.25) is 0 Å². The molecule has 2 aliphatic rings. The predicted molar refractivity (Wildman–Crippen MR) is 152 cm³/mol. The number of rotatable bonds is 8. The Labute approximate surface area is 221 Å². The molecule has 196 valence electrons. The second-order valence-electron chi connectivity index (χ2n) is 10.2. The first-order valence-electron chi connectivity index (χ1n) is 13.5. The molecule has 1 fully saturated rings. The van der Waals surface area contributed by atoms with Gasteiger partial charge in [0.25, 0.3) is 0 Å². The van der Waals surface area contributed by atoms with E-state index in [9.17, 15) is 4.79 Å². The van der Waals surface area contributed by atoms with Gasteiger partial charge in [0.1, 0.15) is 12.9 Å². The molecular weight excluding hydrogens is 460 g/mol. The van der Waals surface area contributed by atoms with Crippen molar-refractivity contribution >= 4 is 17.2 Å². The molecule has 0 N–H and O–H groups in total. The lowest BCUT2D eigenvalue weighted by Gasteiger charge is -2.23. The predicted octanol–water partition coefficient (Wildman–Crippen LogP) is 7.73. The van der Waals surface area contributed by atoms with Gasteiger partial charge in [-0.05, 0) is 113 Å². The zero-order valence-electron chi connectivity index (χ0n) is 23.1. The van der Waals surface area contributed by atoms with Gasteiger partial charge in [-0.3, -0.25) is 4.79 Å². The molecular formula is C32H40N2O3. The van der Waals surface area contributed by atoms with Gasteiger partial charge in [0.15, 0.2) is 5.78 Å². The van der Waals surface area contributed by atoms with Gasteiger partial charge < -0.3 is 14.5 Å². The molecule has 2 aromatic carbocycles. The van der Waals surface area contributed by atoms with E-state index in [-0.39, 0.29) is 11.7 Å². The zero-order chi connectivity index (χ0) is 26.5. The van der Waals surface area contributed by atoms with Gasteiger partial charge in [-0.25, -0.2) is 0 Å². The summed E-state index contributed by atoms with van der Waals surface area (Å²) in [5.74, 6) is 1.10. The van der Waals surface area contributed by atoms with Crippen LogP contribution >= 0.6 is 0 Å². The molecule has 2 aromatic rings. The van der Waals surface area contributed by atoms with E-state index >= 15 is 0 Å². The molecule has 1 saturated carbocycles. The fraction of sp³-hybridized carbons (Fsp3) is 0.438. The summed E-state index contributed by atoms with van der Waals surface area (Å²) in [5.41, 5.74) is 7.88. The van der Waals surface area contributed by atoms with Crippen LogP contribution in [0, 0.1) is 6.92 Å². The number of hydrogen-bond donors (Lipinski definition) is 0. The third kappa shape index (κ3) is 5.82. The average Bonchev–Trinajstić information content (AvgIpc) is 3.17. The average molecular weight is 501 g/mol. The fourth-order valence-corrected chi connectivity index (χ4v) is 5.44. The molecule has 1 aliphatic carbocycles. The summed E-state index contributed by atoms with van der Waals surface area (Å²) in [6.45, 7) is 11.2. The third-order valence-electron chi connectivity index (χ3n) is 7.72. The Morgan fingerprint density at radius 1 is 1.11 bits per heavy atom. The number of aryl methyl sites for hydroxylation is 1. The largest absolute Gasteiger partial charge is 0.490 e. The molecule has 37 heavy (non-hydrogen) atoms. The Morgan fingerprint density at radius 2 is 1.86 bits per heavy atom. The van der Waals surface area contributed by atoms with Gasteiger partial charge in [-0.15, -0.1) is 0 Å². The van der Waals surface area contributed by atoms with Crippen molar-refractivity contribution in [2.24, 2.45) is 5.16 Å². The van der Waals surface area contributed by atoms with E-state index in [2.05, 4.69) is 48.2 Å². The summed E-state index contributed by atoms with van der Waals surface area (Å²) >= 11 is 0. The molecule has 4 rings (SSSR count). The van der Waals surface area contributed by atoms with Crippen LogP contribution in [0.3, 0.4) is 0 Å². The van der Waals surface area contributed by atoms with E-state index in [0.717, 1.165) is 53.1 Å². The fourth-order valence-electron chi connectivity index (χ4n) is 5.44. The number of anilines is 1. The van der Waals surface area contributed by atoms with Crippen molar-refractivity contribution in [2.75, 3.05) is 18.6 Å². The maximum atomic E-state index is 13.6. The number of allylic oxidation sites excluding steroid dienone is 4. The molecule has 5 nitrogen and oxygen atoms in total. The van der Waals surface area contributed by atoms with Crippen LogP contribution in [0.15, 0.2) is 65.0 Å². The van der Waals surface area contributed by atoms with E-state index in [1.807, 2.05) is 45.0 Å². The minimum absolute atomic E-state index is 0.0549. The topological polar surface area (TPSA) is 51.1 Å². The standard InChI is InChI=1S/C32H40N2O3/c1-7-34-30(17-13-21(2)24(5)33-36-6)23(4)29-20-25(14-18-31(29)34)32(35)28-16-15-27(19-22(28)3)37-26-11-9-8-10-12-26/h13-20,23,26H,7-12H2,1-6H3/b21-13+,30-17+,33-24+. The second-order valence-corrected chi connectivity index (χ2v) is 10.2. The van der Waals surface area contributed by atoms with E-state index in [0.29, 0.717) is 6.10 Å². The number of benzene rings is 2. The molecule has 1 heterocycles. The number of likely N-dealkylation sites (N-methyl/N-ethyl adjacent to an activating group) is 1. The Morgan fingerprint density at radius 3 is 2.54 bits per heavy atom. The summed E-state index contributed by atoms with van der Waals surface area (Å²) < 4.78 is 6.21. The lowest BCUT2D eigenvalue weighted by molar-refractivity contribution is 0.103. The number of fused-ring (bicyclic) bond motifs is 1. The van der Waals surface area contributed by atoms with Gasteiger partial charge in [-0.1, -0.05) is 24.6 Å². The van der Waals surface area contributed by atoms with E-state index in [4.69, 9.17) is 9.57 Å².